The van der Waals surface area contributed by atoms with Crippen LogP contribution in [0.15, 0.2) is 53.0 Å². The molecular formula is C16H15BrFNO3. The van der Waals surface area contributed by atoms with E-state index in [0.717, 1.165) is 10.0 Å². The first-order valence-electron chi connectivity index (χ1n) is 6.66. The van der Waals surface area contributed by atoms with Gasteiger partial charge in [0, 0.05) is 6.54 Å². The monoisotopic (exact) mass is 367 g/mol. The Balaban J connectivity index is 1.91. The van der Waals surface area contributed by atoms with Crippen LogP contribution in [0.4, 0.5) is 9.18 Å². The molecule has 0 saturated carbocycles. The average Bonchev–Trinajstić information content (AvgIpc) is 2.50. The fourth-order valence-electron chi connectivity index (χ4n) is 1.88. The van der Waals surface area contributed by atoms with Crippen molar-refractivity contribution in [3.8, 4) is 5.75 Å². The zero-order chi connectivity index (χ0) is 15.9. The predicted octanol–water partition coefficient (Wildman–Crippen LogP) is 4.15. The lowest BCUT2D eigenvalue weighted by atomic mass is 10.2. The number of hydrogen-bond donors (Lipinski definition) is 1. The molecule has 2 aromatic rings. The largest absolute Gasteiger partial charge is 0.491 e. The van der Waals surface area contributed by atoms with Crippen LogP contribution in [0.5, 0.6) is 5.75 Å². The first-order valence-corrected chi connectivity index (χ1v) is 7.45. The lowest BCUT2D eigenvalue weighted by Gasteiger charge is -2.19. The second-order valence-corrected chi connectivity index (χ2v) is 5.46. The van der Waals surface area contributed by atoms with E-state index in [1.54, 1.807) is 18.2 Å². The maximum absolute atomic E-state index is 12.9. The maximum Gasteiger partial charge on any atom is 0.407 e. The molecule has 0 saturated heterocycles. The number of carbonyl (C=O) groups is 1. The first kappa shape index (κ1) is 16.3. The Morgan fingerprint density at radius 2 is 1.86 bits per heavy atom. The van der Waals surface area contributed by atoms with Crippen molar-refractivity contribution in [2.75, 3.05) is 13.2 Å². The number of ether oxygens (including phenoxy) is 1. The number of hydrogen-bond acceptors (Lipinski definition) is 2. The molecule has 116 valence electrons. The van der Waals surface area contributed by atoms with E-state index in [1.807, 2.05) is 18.2 Å². The lowest BCUT2D eigenvalue weighted by Crippen LogP contribution is -2.32. The maximum atomic E-state index is 12.9. The van der Waals surface area contributed by atoms with Crippen LogP contribution in [0.1, 0.15) is 5.56 Å². The number of carboxylic acid groups (broad SMARTS) is 1. The van der Waals surface area contributed by atoms with Crippen molar-refractivity contribution in [2.45, 2.75) is 6.54 Å². The topological polar surface area (TPSA) is 49.8 Å². The fourth-order valence-corrected chi connectivity index (χ4v) is 2.28. The third-order valence-corrected chi connectivity index (χ3v) is 3.67. The summed E-state index contributed by atoms with van der Waals surface area (Å²) in [6.07, 6.45) is -1.04. The Kier molecular flexibility index (Phi) is 5.77. The molecule has 0 bridgehead atoms. The van der Waals surface area contributed by atoms with E-state index in [2.05, 4.69) is 15.9 Å². The summed E-state index contributed by atoms with van der Waals surface area (Å²) in [4.78, 5) is 12.5. The van der Waals surface area contributed by atoms with Crippen LogP contribution in [-0.2, 0) is 6.54 Å². The molecule has 0 spiro atoms. The second kappa shape index (κ2) is 7.79. The van der Waals surface area contributed by atoms with Crippen molar-refractivity contribution in [3.63, 3.8) is 0 Å². The van der Waals surface area contributed by atoms with Gasteiger partial charge in [-0.2, -0.15) is 0 Å². The van der Waals surface area contributed by atoms with Gasteiger partial charge >= 0.3 is 6.09 Å². The Hall–Kier alpha value is -2.08. The zero-order valence-electron chi connectivity index (χ0n) is 11.7. The molecule has 0 aromatic heterocycles. The van der Waals surface area contributed by atoms with Gasteiger partial charge in [0.2, 0.25) is 0 Å². The Bertz CT molecular complexity index is 634. The summed E-state index contributed by atoms with van der Waals surface area (Å²) in [7, 11) is 0. The minimum Gasteiger partial charge on any atom is -0.491 e. The van der Waals surface area contributed by atoms with Gasteiger partial charge in [0.1, 0.15) is 18.2 Å². The summed E-state index contributed by atoms with van der Waals surface area (Å²) < 4.78 is 19.2. The molecule has 0 atom stereocenters. The highest BCUT2D eigenvalue weighted by Gasteiger charge is 2.12. The second-order valence-electron chi connectivity index (χ2n) is 4.61. The molecule has 0 radical (unpaired) electrons. The van der Waals surface area contributed by atoms with Crippen molar-refractivity contribution >= 4 is 22.0 Å². The third kappa shape index (κ3) is 4.73. The van der Waals surface area contributed by atoms with E-state index < -0.39 is 6.09 Å². The highest BCUT2D eigenvalue weighted by Crippen LogP contribution is 2.23. The molecule has 2 rings (SSSR count). The summed E-state index contributed by atoms with van der Waals surface area (Å²) in [6, 6.07) is 13.1. The Morgan fingerprint density at radius 3 is 2.50 bits per heavy atom. The normalized spacial score (nSPS) is 10.3. The number of amides is 1. The summed E-state index contributed by atoms with van der Waals surface area (Å²) >= 11 is 3.36. The Morgan fingerprint density at radius 1 is 1.18 bits per heavy atom. The molecule has 0 aliphatic rings. The lowest BCUT2D eigenvalue weighted by molar-refractivity contribution is 0.132. The van der Waals surface area contributed by atoms with Gasteiger partial charge < -0.3 is 14.7 Å². The molecule has 1 amide bonds. The van der Waals surface area contributed by atoms with Crippen LogP contribution in [0.3, 0.4) is 0 Å². The van der Waals surface area contributed by atoms with Crippen molar-refractivity contribution < 1.29 is 19.0 Å². The predicted molar refractivity (Wildman–Crippen MR) is 84.5 cm³/mol. The molecule has 1 N–H and O–H groups in total. The number of nitrogens with zero attached hydrogens (tertiary/aromatic N) is 1. The molecule has 0 aliphatic heterocycles. The van der Waals surface area contributed by atoms with Gasteiger partial charge in [-0.15, -0.1) is 0 Å². The van der Waals surface area contributed by atoms with Gasteiger partial charge in [0.25, 0.3) is 0 Å². The van der Waals surface area contributed by atoms with Crippen LogP contribution in [0.2, 0.25) is 0 Å². The van der Waals surface area contributed by atoms with Crippen LogP contribution in [-0.4, -0.2) is 29.3 Å². The molecular weight excluding hydrogens is 353 g/mol. The summed E-state index contributed by atoms with van der Waals surface area (Å²) in [5.74, 6) is 0.317. The van der Waals surface area contributed by atoms with Crippen molar-refractivity contribution in [3.05, 3.63) is 64.4 Å². The number of rotatable bonds is 6. The number of benzene rings is 2. The van der Waals surface area contributed by atoms with E-state index in [0.29, 0.717) is 5.75 Å². The Labute approximate surface area is 136 Å². The van der Waals surface area contributed by atoms with E-state index in [1.165, 1.54) is 17.0 Å². The summed E-state index contributed by atoms with van der Waals surface area (Å²) in [6.45, 7) is 0.638. The van der Waals surface area contributed by atoms with Crippen LogP contribution in [0.25, 0.3) is 0 Å². The van der Waals surface area contributed by atoms with Gasteiger partial charge in [-0.1, -0.05) is 24.3 Å². The quantitative estimate of drug-likeness (QED) is 0.834. The molecule has 6 heteroatoms. The van der Waals surface area contributed by atoms with Gasteiger partial charge in [-0.25, -0.2) is 9.18 Å². The van der Waals surface area contributed by atoms with Crippen LogP contribution >= 0.6 is 15.9 Å². The van der Waals surface area contributed by atoms with E-state index >= 15 is 0 Å². The average molecular weight is 368 g/mol. The minimum atomic E-state index is -1.04. The fraction of sp³-hybridized carbons (Fsp3) is 0.188. The number of halogens is 2. The van der Waals surface area contributed by atoms with E-state index in [4.69, 9.17) is 4.74 Å². The SMILES string of the molecule is O=C(O)N(CCOc1ccccc1Br)Cc1ccc(F)cc1. The van der Waals surface area contributed by atoms with E-state index in [9.17, 15) is 14.3 Å². The van der Waals surface area contributed by atoms with Crippen LogP contribution < -0.4 is 4.74 Å². The van der Waals surface area contributed by atoms with Crippen LogP contribution in [0, 0.1) is 5.82 Å². The van der Waals surface area contributed by atoms with Crippen molar-refractivity contribution in [1.29, 1.82) is 0 Å². The highest BCUT2D eigenvalue weighted by molar-refractivity contribution is 9.10. The van der Waals surface area contributed by atoms with Crippen molar-refractivity contribution in [2.24, 2.45) is 0 Å². The molecule has 0 unspecified atom stereocenters. The molecule has 2 aromatic carbocycles. The molecule has 0 aliphatic carbocycles. The standard InChI is InChI=1S/C16H15BrFNO3/c17-14-3-1-2-4-15(14)22-10-9-19(16(20)21)11-12-5-7-13(18)8-6-12/h1-8H,9-11H2,(H,20,21). The third-order valence-electron chi connectivity index (χ3n) is 3.01. The van der Waals surface area contributed by atoms with Gasteiger partial charge in [-0.05, 0) is 45.8 Å². The first-order chi connectivity index (χ1) is 10.6. The molecule has 22 heavy (non-hydrogen) atoms. The number of para-hydroxylation sites is 1. The molecule has 0 heterocycles. The van der Waals surface area contributed by atoms with Gasteiger partial charge in [-0.3, -0.25) is 0 Å². The van der Waals surface area contributed by atoms with E-state index in [-0.39, 0.29) is 25.5 Å². The molecule has 4 nitrogen and oxygen atoms in total. The zero-order valence-corrected chi connectivity index (χ0v) is 13.3. The van der Waals surface area contributed by atoms with Crippen molar-refractivity contribution in [1.82, 2.24) is 4.90 Å². The van der Waals surface area contributed by atoms with Gasteiger partial charge in [0.15, 0.2) is 0 Å². The highest BCUT2D eigenvalue weighted by atomic mass is 79.9. The smallest absolute Gasteiger partial charge is 0.407 e. The summed E-state index contributed by atoms with van der Waals surface area (Å²) in [5, 5.41) is 9.23. The molecule has 0 fully saturated rings. The van der Waals surface area contributed by atoms with Gasteiger partial charge in [0.05, 0.1) is 11.0 Å². The minimum absolute atomic E-state index is 0.189. The summed E-state index contributed by atoms with van der Waals surface area (Å²) in [5.41, 5.74) is 0.727.